The zero-order chi connectivity index (χ0) is 34.2. The number of aliphatic imine (C=N–C) groups is 2. The lowest BCUT2D eigenvalue weighted by molar-refractivity contribution is 0.0703. The molecular formula is C39H37N5O6. The van der Waals surface area contributed by atoms with Crippen LogP contribution in [0.4, 0.5) is 17.1 Å². The molecule has 0 aliphatic carbocycles. The molecule has 0 radical (unpaired) electrons. The highest BCUT2D eigenvalue weighted by atomic mass is 16.5. The summed E-state index contributed by atoms with van der Waals surface area (Å²) in [6.07, 6.45) is 11.1. The van der Waals surface area contributed by atoms with Crippen molar-refractivity contribution in [1.29, 1.82) is 0 Å². The lowest BCUT2D eigenvalue weighted by Crippen LogP contribution is -2.44. The third-order valence-corrected chi connectivity index (χ3v) is 9.77. The first-order chi connectivity index (χ1) is 24.5. The van der Waals surface area contributed by atoms with E-state index in [9.17, 15) is 9.59 Å². The second kappa shape index (κ2) is 13.3. The molecule has 0 saturated carbocycles. The molecule has 2 amide bonds. The van der Waals surface area contributed by atoms with Gasteiger partial charge in [-0.05, 0) is 60.6 Å². The smallest absolute Gasteiger partial charge is 0.261 e. The van der Waals surface area contributed by atoms with Crippen molar-refractivity contribution in [2.75, 3.05) is 32.3 Å². The SMILES string of the molecule is COc1cc2c(cc1OCCCCCOc1cc3c(cc1OC)C(=O)N1c4ccncc4C[C@H]1C=N3)N=C[C@@H]1Cc3ccccc3CN1C2=O. The van der Waals surface area contributed by atoms with E-state index in [4.69, 9.17) is 23.9 Å². The third kappa shape index (κ3) is 5.72. The number of carbonyl (C=O) groups is 2. The summed E-state index contributed by atoms with van der Waals surface area (Å²) >= 11 is 0. The maximum atomic E-state index is 13.7. The lowest BCUT2D eigenvalue weighted by atomic mass is 9.94. The molecule has 0 N–H and O–H groups in total. The van der Waals surface area contributed by atoms with Gasteiger partial charge in [0.1, 0.15) is 0 Å². The molecule has 1 aromatic heterocycles. The molecule has 0 bridgehead atoms. The van der Waals surface area contributed by atoms with Gasteiger partial charge in [-0.3, -0.25) is 29.5 Å². The fourth-order valence-corrected chi connectivity index (χ4v) is 7.15. The standard InChI is InChI=1S/C39H37N5O6/c1-47-34-16-29-31(41-21-27-14-24-8-4-5-9-25(24)23-43(27)38(29)45)18-36(34)49-12-6-3-7-13-50-37-19-32-30(17-35(37)48-2)39(46)44-28(22-42-32)15-26-20-40-11-10-33(26)44/h4-5,8-11,16-22,27-28H,3,6-7,12-15,23H2,1-2H3/t27-,28-/m0/s1. The maximum Gasteiger partial charge on any atom is 0.261 e. The molecule has 0 saturated heterocycles. The van der Waals surface area contributed by atoms with Crippen LogP contribution in [0.15, 0.2) is 77.0 Å². The van der Waals surface area contributed by atoms with Crippen molar-refractivity contribution >= 4 is 41.3 Å². The summed E-state index contributed by atoms with van der Waals surface area (Å²) in [7, 11) is 3.14. The van der Waals surface area contributed by atoms with Crippen LogP contribution >= 0.6 is 0 Å². The van der Waals surface area contributed by atoms with Crippen molar-refractivity contribution in [2.45, 2.75) is 50.7 Å². The van der Waals surface area contributed by atoms with Gasteiger partial charge in [-0.1, -0.05) is 24.3 Å². The number of unbranched alkanes of at least 4 members (excludes halogenated alkanes) is 2. The van der Waals surface area contributed by atoms with E-state index in [2.05, 4.69) is 22.1 Å². The van der Waals surface area contributed by atoms with Gasteiger partial charge < -0.3 is 23.8 Å². The molecule has 2 atom stereocenters. The average Bonchev–Trinajstić information content (AvgIpc) is 3.40. The first-order valence-electron chi connectivity index (χ1n) is 16.9. The molecule has 254 valence electrons. The van der Waals surface area contributed by atoms with Crippen LogP contribution in [0, 0.1) is 0 Å². The van der Waals surface area contributed by atoms with E-state index in [1.165, 1.54) is 11.1 Å². The lowest BCUT2D eigenvalue weighted by Gasteiger charge is -2.34. The first kappa shape index (κ1) is 31.6. The van der Waals surface area contributed by atoms with Crippen LogP contribution in [0.5, 0.6) is 23.0 Å². The van der Waals surface area contributed by atoms with E-state index < -0.39 is 0 Å². The van der Waals surface area contributed by atoms with Crippen molar-refractivity contribution < 1.29 is 28.5 Å². The number of anilines is 1. The molecule has 4 aliphatic heterocycles. The Kier molecular flexibility index (Phi) is 8.39. The zero-order valence-corrected chi connectivity index (χ0v) is 28.0. The molecule has 11 heteroatoms. The molecule has 3 aromatic carbocycles. The van der Waals surface area contributed by atoms with Gasteiger partial charge in [-0.2, -0.15) is 0 Å². The van der Waals surface area contributed by atoms with Gasteiger partial charge in [0.15, 0.2) is 23.0 Å². The Bertz CT molecular complexity index is 2040. The van der Waals surface area contributed by atoms with Crippen LogP contribution in [0.1, 0.15) is 56.7 Å². The summed E-state index contributed by atoms with van der Waals surface area (Å²) in [4.78, 5) is 44.6. The minimum atomic E-state index is -0.159. The van der Waals surface area contributed by atoms with Gasteiger partial charge in [0.2, 0.25) is 0 Å². The number of ether oxygens (including phenoxy) is 4. The Morgan fingerprint density at radius 1 is 0.700 bits per heavy atom. The Balaban J connectivity index is 0.867. The number of hydrogen-bond acceptors (Lipinski definition) is 9. The van der Waals surface area contributed by atoms with Crippen LogP contribution in [0.25, 0.3) is 0 Å². The highest BCUT2D eigenvalue weighted by molar-refractivity contribution is 6.14. The summed E-state index contributed by atoms with van der Waals surface area (Å²) in [6, 6.07) is 16.9. The van der Waals surface area contributed by atoms with E-state index in [0.29, 0.717) is 71.7 Å². The van der Waals surface area contributed by atoms with E-state index >= 15 is 0 Å². The van der Waals surface area contributed by atoms with Crippen LogP contribution in [0.3, 0.4) is 0 Å². The molecule has 0 fully saturated rings. The quantitative estimate of drug-likeness (QED) is 0.182. The number of rotatable bonds is 10. The molecule has 50 heavy (non-hydrogen) atoms. The molecule has 5 heterocycles. The van der Waals surface area contributed by atoms with Crippen LogP contribution in [-0.2, 0) is 19.4 Å². The van der Waals surface area contributed by atoms with Crippen molar-refractivity contribution in [2.24, 2.45) is 9.98 Å². The normalized spacial score (nSPS) is 18.2. The molecule has 0 spiro atoms. The van der Waals surface area contributed by atoms with E-state index in [1.54, 1.807) is 49.6 Å². The van der Waals surface area contributed by atoms with E-state index in [-0.39, 0.29) is 23.9 Å². The van der Waals surface area contributed by atoms with Crippen LogP contribution in [-0.4, -0.2) is 73.6 Å². The summed E-state index contributed by atoms with van der Waals surface area (Å²) in [5.41, 5.74) is 6.44. The van der Waals surface area contributed by atoms with Gasteiger partial charge in [-0.15, -0.1) is 0 Å². The highest BCUT2D eigenvalue weighted by Crippen LogP contribution is 2.41. The Morgan fingerprint density at radius 3 is 2.00 bits per heavy atom. The van der Waals surface area contributed by atoms with Gasteiger partial charge >= 0.3 is 0 Å². The number of fused-ring (bicyclic) bond motifs is 7. The highest BCUT2D eigenvalue weighted by Gasteiger charge is 2.37. The molecule has 4 aromatic rings. The maximum absolute atomic E-state index is 13.7. The van der Waals surface area contributed by atoms with Crippen molar-refractivity contribution in [3.8, 4) is 23.0 Å². The fraction of sp³-hybridized carbons (Fsp3) is 0.308. The predicted octanol–water partition coefficient (Wildman–Crippen LogP) is 6.30. The molecule has 0 unspecified atom stereocenters. The number of aromatic nitrogens is 1. The number of methoxy groups -OCH3 is 2. The monoisotopic (exact) mass is 671 g/mol. The topological polar surface area (TPSA) is 115 Å². The first-order valence-corrected chi connectivity index (χ1v) is 16.9. The van der Waals surface area contributed by atoms with Crippen molar-refractivity contribution in [3.63, 3.8) is 0 Å². The summed E-state index contributed by atoms with van der Waals surface area (Å²) in [5.74, 6) is 1.91. The summed E-state index contributed by atoms with van der Waals surface area (Å²) in [5, 5.41) is 0. The molecular weight excluding hydrogens is 634 g/mol. The summed E-state index contributed by atoms with van der Waals surface area (Å²) in [6.45, 7) is 1.48. The number of amides is 2. The number of nitrogens with zero attached hydrogens (tertiary/aromatic N) is 5. The van der Waals surface area contributed by atoms with E-state index in [1.807, 2.05) is 41.7 Å². The second-order valence-corrected chi connectivity index (χ2v) is 12.8. The van der Waals surface area contributed by atoms with Crippen molar-refractivity contribution in [3.05, 3.63) is 94.8 Å². The number of pyridine rings is 1. The number of hydrogen-bond donors (Lipinski definition) is 0. The molecule has 11 nitrogen and oxygen atoms in total. The third-order valence-electron chi connectivity index (χ3n) is 9.77. The largest absolute Gasteiger partial charge is 0.493 e. The van der Waals surface area contributed by atoms with Crippen LogP contribution < -0.4 is 23.8 Å². The number of benzene rings is 3. The predicted molar refractivity (Wildman–Crippen MR) is 189 cm³/mol. The van der Waals surface area contributed by atoms with Crippen molar-refractivity contribution in [1.82, 2.24) is 9.88 Å². The Morgan fingerprint density at radius 2 is 1.32 bits per heavy atom. The average molecular weight is 672 g/mol. The van der Waals surface area contributed by atoms with E-state index in [0.717, 1.165) is 36.9 Å². The fourth-order valence-electron chi connectivity index (χ4n) is 7.15. The molecule has 4 aliphatic rings. The van der Waals surface area contributed by atoms with Gasteiger partial charge in [-0.25, -0.2) is 0 Å². The zero-order valence-electron chi connectivity index (χ0n) is 28.0. The summed E-state index contributed by atoms with van der Waals surface area (Å²) < 4.78 is 23.5. The van der Waals surface area contributed by atoms with Gasteiger partial charge in [0, 0.05) is 49.9 Å². The Hall–Kier alpha value is -5.71. The number of carbonyl (C=O) groups excluding carboxylic acids is 2. The molecule has 8 rings (SSSR count). The van der Waals surface area contributed by atoms with Gasteiger partial charge in [0.25, 0.3) is 11.8 Å². The minimum absolute atomic E-state index is 0.0600. The van der Waals surface area contributed by atoms with Gasteiger partial charge in [0.05, 0.1) is 67.7 Å². The second-order valence-electron chi connectivity index (χ2n) is 12.8. The Labute approximate surface area is 290 Å². The van der Waals surface area contributed by atoms with Crippen LogP contribution in [0.2, 0.25) is 0 Å². The minimum Gasteiger partial charge on any atom is -0.493 e.